The highest BCUT2D eigenvalue weighted by Crippen LogP contribution is 2.29. The third-order valence-electron chi connectivity index (χ3n) is 3.41. The van der Waals surface area contributed by atoms with Gasteiger partial charge in [0.1, 0.15) is 0 Å². The number of hydrogen-bond donors (Lipinski definition) is 0. The van der Waals surface area contributed by atoms with Crippen molar-refractivity contribution >= 4 is 11.4 Å². The molecule has 100 valence electrons. The van der Waals surface area contributed by atoms with Gasteiger partial charge in [-0.05, 0) is 12.1 Å². The van der Waals surface area contributed by atoms with Crippen LogP contribution >= 0.6 is 0 Å². The lowest BCUT2D eigenvalue weighted by atomic mass is 9.82. The second-order valence-electron chi connectivity index (χ2n) is 4.53. The number of rotatable bonds is 0. The first-order valence-electron chi connectivity index (χ1n) is 6.36. The summed E-state index contributed by atoms with van der Waals surface area (Å²) in [4.78, 5) is 7.06. The lowest BCUT2D eigenvalue weighted by Crippen LogP contribution is -2.22. The van der Waals surface area contributed by atoms with E-state index in [1.807, 2.05) is 30.5 Å². The zero-order valence-electron chi connectivity index (χ0n) is 11.3. The van der Waals surface area contributed by atoms with E-state index in [4.69, 9.17) is 17.1 Å². The predicted octanol–water partition coefficient (Wildman–Crippen LogP) is 2.86. The van der Waals surface area contributed by atoms with Crippen LogP contribution in [0.15, 0.2) is 52.6 Å². The highest BCUT2D eigenvalue weighted by molar-refractivity contribution is 6.31. The van der Waals surface area contributed by atoms with E-state index in [9.17, 15) is 0 Å². The fourth-order valence-electron chi connectivity index (χ4n) is 2.53. The van der Waals surface area contributed by atoms with E-state index in [2.05, 4.69) is 21.1 Å². The summed E-state index contributed by atoms with van der Waals surface area (Å²) in [5, 5.41) is 22.0. The third kappa shape index (κ3) is 1.93. The first-order valence-corrected chi connectivity index (χ1v) is 6.36. The second kappa shape index (κ2) is 5.32. The number of fused-ring (bicyclic) bond motifs is 2. The van der Waals surface area contributed by atoms with E-state index >= 15 is 0 Å². The third-order valence-corrected chi connectivity index (χ3v) is 3.41. The molecule has 0 fully saturated rings. The number of nitrogens with zero attached hydrogens (tertiary/aromatic N) is 5. The molecule has 0 aromatic heterocycles. The van der Waals surface area contributed by atoms with Crippen molar-refractivity contribution < 1.29 is 0 Å². The van der Waals surface area contributed by atoms with Gasteiger partial charge in [0, 0.05) is 22.3 Å². The normalized spacial score (nSPS) is 15.3. The number of benzene rings is 2. The fraction of sp³-hybridized carbons (Fsp3) is 0. The van der Waals surface area contributed by atoms with Crippen molar-refractivity contribution in [3.8, 4) is 12.3 Å². The van der Waals surface area contributed by atoms with E-state index in [1.165, 1.54) is 0 Å². The van der Waals surface area contributed by atoms with Gasteiger partial charge >= 0.3 is 0 Å². The lowest BCUT2D eigenvalue weighted by molar-refractivity contribution is 1.38. The summed E-state index contributed by atoms with van der Waals surface area (Å²) in [6.07, 6.45) is 1.82. The Bertz CT molecular complexity index is 962. The van der Waals surface area contributed by atoms with Gasteiger partial charge in [-0.1, -0.05) is 30.3 Å². The summed E-state index contributed by atoms with van der Waals surface area (Å²) in [6, 6.07) is 14.5. The first kappa shape index (κ1) is 13.2. The zero-order chi connectivity index (χ0) is 15.5. The fourth-order valence-corrected chi connectivity index (χ4v) is 2.53. The van der Waals surface area contributed by atoms with Crippen molar-refractivity contribution in [2.45, 2.75) is 0 Å². The maximum Gasteiger partial charge on any atom is 0.206 e. The molecule has 0 unspecified atom stereocenters. The van der Waals surface area contributed by atoms with Crippen LogP contribution in [0.4, 0.5) is 0 Å². The molecule has 0 bridgehead atoms. The van der Waals surface area contributed by atoms with Gasteiger partial charge in [0.2, 0.25) is 6.19 Å². The molecule has 0 spiro atoms. The minimum Gasteiger partial charge on any atom is -0.192 e. The van der Waals surface area contributed by atoms with Crippen LogP contribution in [0.3, 0.4) is 0 Å². The second-order valence-corrected chi connectivity index (χ2v) is 4.53. The minimum absolute atomic E-state index is 0.465. The molecule has 2 aromatic carbocycles. The van der Waals surface area contributed by atoms with Crippen LogP contribution in [-0.2, 0) is 0 Å². The van der Waals surface area contributed by atoms with Crippen LogP contribution in [0.1, 0.15) is 27.8 Å². The van der Waals surface area contributed by atoms with E-state index in [0.29, 0.717) is 28.1 Å². The monoisotopic (exact) mass is 281 g/mol. The van der Waals surface area contributed by atoms with Gasteiger partial charge in [0.25, 0.3) is 0 Å². The maximum atomic E-state index is 9.09. The summed E-state index contributed by atoms with van der Waals surface area (Å²) >= 11 is 0. The Hall–Kier alpha value is -3.75. The Labute approximate surface area is 126 Å². The highest BCUT2D eigenvalue weighted by Gasteiger charge is 2.28. The average molecular weight is 281 g/mol. The molecule has 5 heteroatoms. The molecule has 5 nitrogen and oxygen atoms in total. The van der Waals surface area contributed by atoms with Crippen LogP contribution in [0.2, 0.25) is 0 Å². The van der Waals surface area contributed by atoms with E-state index in [1.54, 1.807) is 18.2 Å². The topological polar surface area (TPSA) is 76.7 Å². The van der Waals surface area contributed by atoms with E-state index < -0.39 is 0 Å². The summed E-state index contributed by atoms with van der Waals surface area (Å²) < 4.78 is 0. The summed E-state index contributed by atoms with van der Waals surface area (Å²) in [7, 11) is 0. The Balaban J connectivity index is 2.43. The molecule has 0 radical (unpaired) electrons. The van der Waals surface area contributed by atoms with Crippen LogP contribution < -0.4 is 0 Å². The van der Waals surface area contributed by atoms with Gasteiger partial charge in [-0.2, -0.15) is 22.1 Å². The molecule has 0 N–H and O–H groups in total. The molecule has 0 atom stereocenters. The Morgan fingerprint density at radius 2 is 1.59 bits per heavy atom. The lowest BCUT2D eigenvalue weighted by Gasteiger charge is -2.20. The molecule has 22 heavy (non-hydrogen) atoms. The summed E-state index contributed by atoms with van der Waals surface area (Å²) in [5.74, 6) is 0. The first-order chi connectivity index (χ1) is 10.8. The Morgan fingerprint density at radius 1 is 0.909 bits per heavy atom. The van der Waals surface area contributed by atoms with Crippen molar-refractivity contribution in [3.63, 3.8) is 0 Å². The van der Waals surface area contributed by atoms with Gasteiger partial charge in [-0.25, -0.2) is 0 Å². The van der Waals surface area contributed by atoms with Crippen molar-refractivity contribution in [2.75, 3.05) is 0 Å². The Kier molecular flexibility index (Phi) is 3.20. The number of aliphatic imine (C=N–C) groups is 1. The molecule has 0 heterocycles. The number of nitriles is 2. The molecule has 2 aromatic rings. The average Bonchev–Trinajstić information content (AvgIpc) is 2.57. The molecule has 1 aliphatic rings. The summed E-state index contributed by atoms with van der Waals surface area (Å²) in [6.45, 7) is 7.04. The van der Waals surface area contributed by atoms with Crippen molar-refractivity contribution in [1.82, 2.24) is 0 Å². The molecule has 0 saturated carbocycles. The SMILES string of the molecule is [C-]#[N+]/N=C1\c2ccccc2C(=NC#N)c2ccc(C#N)cc21. The molecule has 1 aliphatic carbocycles. The molecule has 0 amide bonds. The van der Waals surface area contributed by atoms with Gasteiger partial charge in [-0.15, -0.1) is 4.95 Å². The molecule has 3 rings (SSSR count). The molecule has 0 saturated heterocycles. The van der Waals surface area contributed by atoms with E-state index in [0.717, 1.165) is 11.1 Å². The van der Waals surface area contributed by atoms with Crippen molar-refractivity contribution in [1.29, 1.82) is 10.5 Å². The van der Waals surface area contributed by atoms with Gasteiger partial charge < -0.3 is 0 Å². The summed E-state index contributed by atoms with van der Waals surface area (Å²) in [5.41, 5.74) is 4.31. The predicted molar refractivity (Wildman–Crippen MR) is 81.1 cm³/mol. The maximum absolute atomic E-state index is 9.09. The van der Waals surface area contributed by atoms with Crippen LogP contribution in [0, 0.1) is 29.4 Å². The van der Waals surface area contributed by atoms with Gasteiger partial charge in [0.15, 0.2) is 5.71 Å². The zero-order valence-corrected chi connectivity index (χ0v) is 11.3. The molecular weight excluding hydrogens is 274 g/mol. The van der Waals surface area contributed by atoms with E-state index in [-0.39, 0.29) is 0 Å². The van der Waals surface area contributed by atoms with Gasteiger partial charge in [0.05, 0.1) is 22.4 Å². The standard InChI is InChI=1S/C17H7N5/c1-20-22-17-13-5-3-2-4-12(13)16(21-10-19)14-7-6-11(9-18)8-15(14)17/h2-8H/b21-16?,22-17+. The smallest absolute Gasteiger partial charge is 0.192 e. The largest absolute Gasteiger partial charge is 0.206 e. The highest BCUT2D eigenvalue weighted by atomic mass is 15.2. The number of hydrogen-bond acceptors (Lipinski definition) is 4. The van der Waals surface area contributed by atoms with Crippen molar-refractivity contribution in [2.24, 2.45) is 10.1 Å². The van der Waals surface area contributed by atoms with Crippen LogP contribution in [0.25, 0.3) is 4.95 Å². The Morgan fingerprint density at radius 3 is 2.23 bits per heavy atom. The van der Waals surface area contributed by atoms with Crippen LogP contribution in [-0.4, -0.2) is 11.4 Å². The minimum atomic E-state index is 0.465. The quantitative estimate of drug-likeness (QED) is 0.361. The van der Waals surface area contributed by atoms with Crippen molar-refractivity contribution in [3.05, 3.63) is 81.8 Å². The van der Waals surface area contributed by atoms with Crippen LogP contribution in [0.5, 0.6) is 0 Å². The molecular formula is C17H7N5. The van der Waals surface area contributed by atoms with Gasteiger partial charge in [-0.3, -0.25) is 0 Å². The molecule has 0 aliphatic heterocycles.